The number of hydrogen-bond acceptors (Lipinski definition) is 3. The standard InChI is InChI=1S/C12H18ClN3/c1-9-3-4-11(13)12(15-9)10(2)16-7-5-14-6-8-16/h3-4,10,14H,5-8H2,1-2H3. The molecule has 1 atom stereocenters. The number of piperazine rings is 1. The number of rotatable bonds is 2. The second-order valence-electron chi connectivity index (χ2n) is 4.28. The number of pyridine rings is 1. The maximum Gasteiger partial charge on any atom is 0.0761 e. The van der Waals surface area contributed by atoms with Gasteiger partial charge in [-0.1, -0.05) is 11.6 Å². The molecular formula is C12H18ClN3. The molecular weight excluding hydrogens is 222 g/mol. The van der Waals surface area contributed by atoms with Crippen LogP contribution in [-0.4, -0.2) is 36.1 Å². The van der Waals surface area contributed by atoms with Gasteiger partial charge in [-0.25, -0.2) is 0 Å². The van der Waals surface area contributed by atoms with Crippen molar-refractivity contribution in [2.75, 3.05) is 26.2 Å². The van der Waals surface area contributed by atoms with Crippen molar-refractivity contribution in [3.63, 3.8) is 0 Å². The van der Waals surface area contributed by atoms with Gasteiger partial charge in [0.25, 0.3) is 0 Å². The number of aromatic nitrogens is 1. The number of halogens is 1. The zero-order valence-corrected chi connectivity index (χ0v) is 10.6. The van der Waals surface area contributed by atoms with Crippen molar-refractivity contribution < 1.29 is 0 Å². The smallest absolute Gasteiger partial charge is 0.0761 e. The van der Waals surface area contributed by atoms with E-state index < -0.39 is 0 Å². The third kappa shape index (κ3) is 2.54. The molecule has 1 saturated heterocycles. The normalized spacial score (nSPS) is 19.7. The van der Waals surface area contributed by atoms with Gasteiger partial charge in [0.05, 0.1) is 16.8 Å². The molecule has 3 nitrogen and oxygen atoms in total. The van der Waals surface area contributed by atoms with Crippen molar-refractivity contribution >= 4 is 11.6 Å². The summed E-state index contributed by atoms with van der Waals surface area (Å²) in [5, 5.41) is 4.13. The van der Waals surface area contributed by atoms with Gasteiger partial charge in [-0.2, -0.15) is 0 Å². The zero-order valence-electron chi connectivity index (χ0n) is 9.83. The summed E-state index contributed by atoms with van der Waals surface area (Å²) in [4.78, 5) is 6.97. The van der Waals surface area contributed by atoms with Gasteiger partial charge in [0.15, 0.2) is 0 Å². The first-order valence-corrected chi connectivity index (χ1v) is 6.14. The van der Waals surface area contributed by atoms with Crippen LogP contribution in [0.2, 0.25) is 5.02 Å². The first-order chi connectivity index (χ1) is 7.68. The van der Waals surface area contributed by atoms with Crippen molar-refractivity contribution in [3.8, 4) is 0 Å². The largest absolute Gasteiger partial charge is 0.314 e. The van der Waals surface area contributed by atoms with E-state index in [0.29, 0.717) is 6.04 Å². The molecule has 1 aromatic rings. The molecule has 1 fully saturated rings. The van der Waals surface area contributed by atoms with Crippen molar-refractivity contribution in [1.82, 2.24) is 15.2 Å². The molecule has 1 unspecified atom stereocenters. The predicted octanol–water partition coefficient (Wildman–Crippen LogP) is 2.01. The Morgan fingerprint density at radius 3 is 2.75 bits per heavy atom. The highest BCUT2D eigenvalue weighted by Gasteiger charge is 2.20. The molecule has 16 heavy (non-hydrogen) atoms. The summed E-state index contributed by atoms with van der Waals surface area (Å²) in [5.74, 6) is 0. The second-order valence-corrected chi connectivity index (χ2v) is 4.69. The summed E-state index contributed by atoms with van der Waals surface area (Å²) in [6.45, 7) is 8.41. The Labute approximate surface area is 102 Å². The van der Waals surface area contributed by atoms with Crippen molar-refractivity contribution in [1.29, 1.82) is 0 Å². The summed E-state index contributed by atoms with van der Waals surface area (Å²) in [5.41, 5.74) is 2.03. The van der Waals surface area contributed by atoms with Crippen LogP contribution in [0, 0.1) is 6.92 Å². The molecule has 0 amide bonds. The minimum atomic E-state index is 0.300. The number of nitrogens with zero attached hydrogens (tertiary/aromatic N) is 2. The van der Waals surface area contributed by atoms with Crippen LogP contribution in [0.15, 0.2) is 12.1 Å². The van der Waals surface area contributed by atoms with Gasteiger partial charge in [-0.15, -0.1) is 0 Å². The summed E-state index contributed by atoms with van der Waals surface area (Å²) >= 11 is 6.21. The molecule has 2 rings (SSSR count). The van der Waals surface area contributed by atoms with Crippen LogP contribution in [0.5, 0.6) is 0 Å². The minimum absolute atomic E-state index is 0.300. The third-order valence-electron chi connectivity index (χ3n) is 3.11. The van der Waals surface area contributed by atoms with E-state index in [0.717, 1.165) is 42.6 Å². The Hall–Kier alpha value is -0.640. The lowest BCUT2D eigenvalue weighted by Crippen LogP contribution is -2.44. The summed E-state index contributed by atoms with van der Waals surface area (Å²) in [7, 11) is 0. The highest BCUT2D eigenvalue weighted by Crippen LogP contribution is 2.25. The van der Waals surface area contributed by atoms with Crippen LogP contribution in [0.4, 0.5) is 0 Å². The lowest BCUT2D eigenvalue weighted by molar-refractivity contribution is 0.182. The molecule has 0 aromatic carbocycles. The van der Waals surface area contributed by atoms with Crippen LogP contribution in [0.1, 0.15) is 24.4 Å². The molecule has 1 N–H and O–H groups in total. The lowest BCUT2D eigenvalue weighted by Gasteiger charge is -2.32. The van der Waals surface area contributed by atoms with E-state index >= 15 is 0 Å². The molecule has 1 aromatic heterocycles. The molecule has 0 spiro atoms. The van der Waals surface area contributed by atoms with Crippen LogP contribution in [-0.2, 0) is 0 Å². The fraction of sp³-hybridized carbons (Fsp3) is 0.583. The second kappa shape index (κ2) is 5.13. The number of hydrogen-bond donors (Lipinski definition) is 1. The van der Waals surface area contributed by atoms with Gasteiger partial charge in [0.1, 0.15) is 0 Å². The van der Waals surface area contributed by atoms with E-state index in [1.54, 1.807) is 0 Å². The van der Waals surface area contributed by atoms with Crippen LogP contribution in [0.3, 0.4) is 0 Å². The average molecular weight is 240 g/mol. The van der Waals surface area contributed by atoms with Crippen LogP contribution < -0.4 is 5.32 Å². The first-order valence-electron chi connectivity index (χ1n) is 5.76. The summed E-state index contributed by atoms with van der Waals surface area (Å²) in [6.07, 6.45) is 0. The maximum atomic E-state index is 6.21. The van der Waals surface area contributed by atoms with E-state index in [2.05, 4.69) is 22.1 Å². The maximum absolute atomic E-state index is 6.21. The van der Waals surface area contributed by atoms with Gasteiger partial charge < -0.3 is 5.32 Å². The quantitative estimate of drug-likeness (QED) is 0.856. The van der Waals surface area contributed by atoms with E-state index in [1.807, 2.05) is 19.1 Å². The predicted molar refractivity (Wildman–Crippen MR) is 66.8 cm³/mol. The van der Waals surface area contributed by atoms with Crippen LogP contribution in [0.25, 0.3) is 0 Å². The zero-order chi connectivity index (χ0) is 11.5. The topological polar surface area (TPSA) is 28.2 Å². The van der Waals surface area contributed by atoms with Gasteiger partial charge in [-0.05, 0) is 26.0 Å². The monoisotopic (exact) mass is 239 g/mol. The van der Waals surface area contributed by atoms with Gasteiger partial charge in [0, 0.05) is 31.9 Å². The van der Waals surface area contributed by atoms with Crippen molar-refractivity contribution in [2.24, 2.45) is 0 Å². The van der Waals surface area contributed by atoms with Gasteiger partial charge in [-0.3, -0.25) is 9.88 Å². The van der Waals surface area contributed by atoms with E-state index in [4.69, 9.17) is 11.6 Å². The number of nitrogens with one attached hydrogen (secondary N) is 1. The Bertz CT molecular complexity index is 361. The average Bonchev–Trinajstić information content (AvgIpc) is 2.32. The summed E-state index contributed by atoms with van der Waals surface area (Å²) in [6, 6.07) is 4.20. The first kappa shape index (κ1) is 11.8. The molecule has 88 valence electrons. The van der Waals surface area contributed by atoms with Crippen LogP contribution >= 0.6 is 11.6 Å². The fourth-order valence-corrected chi connectivity index (χ4v) is 2.36. The third-order valence-corrected chi connectivity index (χ3v) is 3.43. The van der Waals surface area contributed by atoms with E-state index in [-0.39, 0.29) is 0 Å². The lowest BCUT2D eigenvalue weighted by atomic mass is 10.1. The molecule has 4 heteroatoms. The van der Waals surface area contributed by atoms with Gasteiger partial charge >= 0.3 is 0 Å². The molecule has 0 saturated carbocycles. The van der Waals surface area contributed by atoms with E-state index in [1.165, 1.54) is 0 Å². The van der Waals surface area contributed by atoms with Crippen molar-refractivity contribution in [2.45, 2.75) is 19.9 Å². The van der Waals surface area contributed by atoms with Gasteiger partial charge in [0.2, 0.25) is 0 Å². The minimum Gasteiger partial charge on any atom is -0.314 e. The SMILES string of the molecule is Cc1ccc(Cl)c(C(C)N2CCNCC2)n1. The molecule has 1 aliphatic rings. The van der Waals surface area contributed by atoms with Crippen molar-refractivity contribution in [3.05, 3.63) is 28.5 Å². The Morgan fingerprint density at radius 1 is 1.38 bits per heavy atom. The highest BCUT2D eigenvalue weighted by molar-refractivity contribution is 6.31. The molecule has 0 bridgehead atoms. The molecule has 1 aliphatic heterocycles. The molecule has 0 radical (unpaired) electrons. The summed E-state index contributed by atoms with van der Waals surface area (Å²) < 4.78 is 0. The number of aryl methyl sites for hydroxylation is 1. The highest BCUT2D eigenvalue weighted by atomic mass is 35.5. The van der Waals surface area contributed by atoms with E-state index in [9.17, 15) is 0 Å². The fourth-order valence-electron chi connectivity index (χ4n) is 2.10. The molecule has 0 aliphatic carbocycles. The molecule has 2 heterocycles. The Morgan fingerprint density at radius 2 is 2.06 bits per heavy atom. The Balaban J connectivity index is 2.18. The Kier molecular flexibility index (Phi) is 3.79.